The predicted molar refractivity (Wildman–Crippen MR) is 94.1 cm³/mol. The molecule has 1 saturated heterocycles. The molecule has 0 spiro atoms. The van der Waals surface area contributed by atoms with Crippen molar-refractivity contribution in [2.45, 2.75) is 51.8 Å². The van der Waals surface area contributed by atoms with E-state index in [-0.39, 0.29) is 6.54 Å². The fourth-order valence-corrected chi connectivity index (χ4v) is 2.74. The molecular formula is C18H25N3O5. The zero-order valence-corrected chi connectivity index (χ0v) is 15.3. The lowest BCUT2D eigenvalue weighted by Crippen LogP contribution is -2.54. The minimum Gasteiger partial charge on any atom is -0.480 e. The summed E-state index contributed by atoms with van der Waals surface area (Å²) in [5, 5.41) is 10.4. The number of benzene rings is 1. The molecule has 1 aromatic rings. The van der Waals surface area contributed by atoms with E-state index >= 15 is 0 Å². The van der Waals surface area contributed by atoms with Gasteiger partial charge in [-0.05, 0) is 39.2 Å². The average Bonchev–Trinajstić information content (AvgIpc) is 3.02. The number of hydrogen-bond donors (Lipinski definition) is 2. The van der Waals surface area contributed by atoms with Crippen LogP contribution >= 0.6 is 0 Å². The molecule has 0 aromatic heterocycles. The van der Waals surface area contributed by atoms with Gasteiger partial charge in [0.25, 0.3) is 0 Å². The highest BCUT2D eigenvalue weighted by Crippen LogP contribution is 2.20. The molecule has 0 saturated carbocycles. The maximum Gasteiger partial charge on any atom is 0.426 e. The summed E-state index contributed by atoms with van der Waals surface area (Å²) in [6.45, 7) is 5.59. The highest BCUT2D eigenvalue weighted by atomic mass is 16.6. The zero-order valence-electron chi connectivity index (χ0n) is 15.3. The van der Waals surface area contributed by atoms with Gasteiger partial charge in [-0.15, -0.1) is 0 Å². The summed E-state index contributed by atoms with van der Waals surface area (Å²) in [5.74, 6) is -1.05. The first-order valence-corrected chi connectivity index (χ1v) is 8.52. The molecule has 3 amide bonds. The highest BCUT2D eigenvalue weighted by Gasteiger charge is 2.37. The number of carbonyl (C=O) groups excluding carboxylic acids is 2. The Bertz CT molecular complexity index is 657. The molecule has 26 heavy (non-hydrogen) atoms. The second-order valence-corrected chi connectivity index (χ2v) is 7.16. The van der Waals surface area contributed by atoms with E-state index in [4.69, 9.17) is 4.74 Å². The van der Waals surface area contributed by atoms with E-state index in [1.807, 2.05) is 30.3 Å². The van der Waals surface area contributed by atoms with Crippen molar-refractivity contribution >= 4 is 18.1 Å². The van der Waals surface area contributed by atoms with Crippen LogP contribution in [-0.2, 0) is 16.1 Å². The fraction of sp³-hybridized carbons (Fsp3) is 0.500. The molecule has 0 unspecified atom stereocenters. The van der Waals surface area contributed by atoms with Gasteiger partial charge >= 0.3 is 18.1 Å². The molecular weight excluding hydrogens is 338 g/mol. The predicted octanol–water partition coefficient (Wildman–Crippen LogP) is 2.60. The Morgan fingerprint density at radius 3 is 2.50 bits per heavy atom. The van der Waals surface area contributed by atoms with E-state index in [0.717, 1.165) is 10.6 Å². The second-order valence-electron chi connectivity index (χ2n) is 7.16. The molecule has 142 valence electrons. The quantitative estimate of drug-likeness (QED) is 0.804. The van der Waals surface area contributed by atoms with Crippen LogP contribution in [0.3, 0.4) is 0 Å². The number of hydrogen-bond acceptors (Lipinski definition) is 4. The van der Waals surface area contributed by atoms with Crippen molar-refractivity contribution in [3.8, 4) is 0 Å². The standard InChI is InChI=1S/C18H25N3O5/c1-18(2,3)26-16(24)19-21(12-13-8-5-4-6-9-13)17(25)20-11-7-10-14(20)15(22)23/h4-6,8-9,14H,7,10-12H2,1-3H3,(H,19,24)(H,22,23)/t14-/m0/s1. The van der Waals surface area contributed by atoms with Gasteiger partial charge in [-0.3, -0.25) is 0 Å². The lowest BCUT2D eigenvalue weighted by atomic mass is 10.2. The smallest absolute Gasteiger partial charge is 0.426 e. The maximum atomic E-state index is 12.9. The Morgan fingerprint density at radius 1 is 1.27 bits per heavy atom. The van der Waals surface area contributed by atoms with Gasteiger partial charge in [0.2, 0.25) is 0 Å². The largest absolute Gasteiger partial charge is 0.480 e. The van der Waals surface area contributed by atoms with E-state index in [2.05, 4.69) is 5.43 Å². The first-order valence-electron chi connectivity index (χ1n) is 8.52. The fourth-order valence-electron chi connectivity index (χ4n) is 2.74. The number of nitrogens with zero attached hydrogens (tertiary/aromatic N) is 2. The number of rotatable bonds is 3. The Morgan fingerprint density at radius 2 is 1.92 bits per heavy atom. The lowest BCUT2D eigenvalue weighted by Gasteiger charge is -2.31. The number of ether oxygens (including phenoxy) is 1. The van der Waals surface area contributed by atoms with Crippen molar-refractivity contribution in [2.75, 3.05) is 6.54 Å². The summed E-state index contributed by atoms with van der Waals surface area (Å²) in [6.07, 6.45) is 0.230. The summed E-state index contributed by atoms with van der Waals surface area (Å²) < 4.78 is 5.21. The van der Waals surface area contributed by atoms with E-state index < -0.39 is 29.7 Å². The van der Waals surface area contributed by atoms with Crippen LogP contribution < -0.4 is 5.43 Å². The number of carbonyl (C=O) groups is 3. The molecule has 1 fully saturated rings. The van der Waals surface area contributed by atoms with Crippen molar-refractivity contribution in [1.29, 1.82) is 0 Å². The van der Waals surface area contributed by atoms with Gasteiger partial charge in [-0.1, -0.05) is 30.3 Å². The Kier molecular flexibility index (Phi) is 6.07. The summed E-state index contributed by atoms with van der Waals surface area (Å²) >= 11 is 0. The van der Waals surface area contributed by atoms with Crippen LogP contribution in [0.4, 0.5) is 9.59 Å². The van der Waals surface area contributed by atoms with E-state index in [1.165, 1.54) is 4.90 Å². The van der Waals surface area contributed by atoms with Crippen molar-refractivity contribution in [3.05, 3.63) is 35.9 Å². The molecule has 0 radical (unpaired) electrons. The number of carboxylic acid groups (broad SMARTS) is 1. The third-order valence-electron chi connectivity index (χ3n) is 3.82. The highest BCUT2D eigenvalue weighted by molar-refractivity contribution is 5.84. The van der Waals surface area contributed by atoms with Gasteiger partial charge < -0.3 is 14.7 Å². The third-order valence-corrected chi connectivity index (χ3v) is 3.82. The molecule has 8 nitrogen and oxygen atoms in total. The minimum absolute atomic E-state index is 0.0990. The Hall–Kier alpha value is -2.77. The number of carboxylic acids is 1. The van der Waals surface area contributed by atoms with Crippen LogP contribution in [0.25, 0.3) is 0 Å². The topological polar surface area (TPSA) is 99.2 Å². The first-order chi connectivity index (χ1) is 12.2. The average molecular weight is 363 g/mol. The number of hydrazine groups is 1. The molecule has 2 N–H and O–H groups in total. The van der Waals surface area contributed by atoms with Gasteiger partial charge in [-0.25, -0.2) is 24.8 Å². The van der Waals surface area contributed by atoms with Crippen LogP contribution in [-0.4, -0.2) is 51.3 Å². The molecule has 1 heterocycles. The zero-order chi connectivity index (χ0) is 19.3. The molecule has 2 rings (SSSR count). The van der Waals surface area contributed by atoms with Crippen LogP contribution in [0.1, 0.15) is 39.2 Å². The van der Waals surface area contributed by atoms with Crippen molar-refractivity contribution in [3.63, 3.8) is 0 Å². The normalized spacial score (nSPS) is 16.9. The molecule has 0 bridgehead atoms. The van der Waals surface area contributed by atoms with Crippen molar-refractivity contribution in [2.24, 2.45) is 0 Å². The lowest BCUT2D eigenvalue weighted by molar-refractivity contribution is -0.141. The molecule has 8 heteroatoms. The monoisotopic (exact) mass is 363 g/mol. The van der Waals surface area contributed by atoms with Crippen LogP contribution in [0, 0.1) is 0 Å². The molecule has 0 aliphatic carbocycles. The van der Waals surface area contributed by atoms with E-state index in [0.29, 0.717) is 19.4 Å². The van der Waals surface area contributed by atoms with Gasteiger partial charge in [0, 0.05) is 6.54 Å². The van der Waals surface area contributed by atoms with E-state index in [9.17, 15) is 19.5 Å². The van der Waals surface area contributed by atoms with Crippen LogP contribution in [0.2, 0.25) is 0 Å². The number of amides is 3. The maximum absolute atomic E-state index is 12.9. The van der Waals surface area contributed by atoms with Crippen LogP contribution in [0.15, 0.2) is 30.3 Å². The second kappa shape index (κ2) is 8.07. The molecule has 1 aliphatic rings. The number of aliphatic carboxylic acids is 1. The summed E-state index contributed by atoms with van der Waals surface area (Å²) in [6, 6.07) is 7.66. The van der Waals surface area contributed by atoms with Gasteiger partial charge in [0.1, 0.15) is 11.6 Å². The number of urea groups is 1. The third kappa shape index (κ3) is 5.37. The van der Waals surface area contributed by atoms with Gasteiger partial charge in [0.05, 0.1) is 6.54 Å². The number of likely N-dealkylation sites (tertiary alicyclic amines) is 1. The summed E-state index contributed by atoms with van der Waals surface area (Å²) in [7, 11) is 0. The first kappa shape index (κ1) is 19.6. The summed E-state index contributed by atoms with van der Waals surface area (Å²) in [4.78, 5) is 37.7. The Balaban J connectivity index is 2.17. The minimum atomic E-state index is -1.05. The van der Waals surface area contributed by atoms with Crippen molar-refractivity contribution < 1.29 is 24.2 Å². The van der Waals surface area contributed by atoms with Crippen LogP contribution in [0.5, 0.6) is 0 Å². The SMILES string of the molecule is CC(C)(C)OC(=O)NN(Cc1ccccc1)C(=O)N1CCC[C@H]1C(=O)O. The molecule has 1 atom stereocenters. The van der Waals surface area contributed by atoms with Gasteiger partial charge in [-0.2, -0.15) is 0 Å². The molecule has 1 aromatic carbocycles. The summed E-state index contributed by atoms with van der Waals surface area (Å²) in [5.41, 5.74) is 2.52. The number of nitrogens with one attached hydrogen (secondary N) is 1. The molecule has 1 aliphatic heterocycles. The van der Waals surface area contributed by atoms with Crippen molar-refractivity contribution in [1.82, 2.24) is 15.3 Å². The van der Waals surface area contributed by atoms with Gasteiger partial charge in [0.15, 0.2) is 0 Å². The van der Waals surface area contributed by atoms with E-state index in [1.54, 1.807) is 20.8 Å². The Labute approximate surface area is 152 Å².